The highest BCUT2D eigenvalue weighted by Gasteiger charge is 2.29. The van der Waals surface area contributed by atoms with Crippen LogP contribution in [-0.2, 0) is 14.8 Å². The molecular formula is C27H27BrN4O5S. The van der Waals surface area contributed by atoms with Crippen molar-refractivity contribution in [1.82, 2.24) is 4.90 Å². The summed E-state index contributed by atoms with van der Waals surface area (Å²) in [5, 5.41) is 6.34. The van der Waals surface area contributed by atoms with Crippen LogP contribution in [-0.4, -0.2) is 59.5 Å². The molecule has 11 heteroatoms. The number of nitrogens with one attached hydrogen (secondary N) is 2. The summed E-state index contributed by atoms with van der Waals surface area (Å²) >= 11 is 3.46. The summed E-state index contributed by atoms with van der Waals surface area (Å²) in [4.78, 5) is 15.1. The normalized spacial score (nSPS) is 15.3. The maximum atomic E-state index is 13.2. The molecule has 0 aliphatic carbocycles. The SMILES string of the molecule is CN(C)CCN(c1ccc(NC(=C2C(=O)Nc3cc(Br)ccc32)c2ccc3c(c2)OCO3)cc1)S(C)(=O)=O. The average molecular weight is 600 g/mol. The Morgan fingerprint density at radius 3 is 2.45 bits per heavy atom. The summed E-state index contributed by atoms with van der Waals surface area (Å²) in [5.74, 6) is 1.000. The number of carbonyl (C=O) groups is 1. The van der Waals surface area contributed by atoms with E-state index in [1.807, 2.05) is 55.4 Å². The van der Waals surface area contributed by atoms with Gasteiger partial charge in [0.15, 0.2) is 11.5 Å². The number of amides is 1. The zero-order chi connectivity index (χ0) is 27.0. The zero-order valence-electron chi connectivity index (χ0n) is 21.1. The van der Waals surface area contributed by atoms with Crippen molar-refractivity contribution in [2.24, 2.45) is 0 Å². The lowest BCUT2D eigenvalue weighted by Gasteiger charge is -2.24. The van der Waals surface area contributed by atoms with Crippen LogP contribution in [0.25, 0.3) is 11.3 Å². The first kappa shape index (κ1) is 26.1. The van der Waals surface area contributed by atoms with Crippen LogP contribution < -0.4 is 24.4 Å². The predicted octanol–water partition coefficient (Wildman–Crippen LogP) is 4.44. The summed E-state index contributed by atoms with van der Waals surface area (Å²) in [6.07, 6.45) is 1.20. The molecule has 198 valence electrons. The van der Waals surface area contributed by atoms with Gasteiger partial charge >= 0.3 is 0 Å². The summed E-state index contributed by atoms with van der Waals surface area (Å²) in [5.41, 5.74) is 4.53. The smallest absolute Gasteiger partial charge is 0.258 e. The van der Waals surface area contributed by atoms with Gasteiger partial charge < -0.3 is 25.0 Å². The molecule has 0 radical (unpaired) electrons. The number of fused-ring (bicyclic) bond motifs is 2. The maximum Gasteiger partial charge on any atom is 0.258 e. The molecule has 2 aliphatic heterocycles. The molecule has 0 spiro atoms. The van der Waals surface area contributed by atoms with Crippen molar-refractivity contribution >= 4 is 60.2 Å². The van der Waals surface area contributed by atoms with E-state index < -0.39 is 10.0 Å². The highest BCUT2D eigenvalue weighted by atomic mass is 79.9. The van der Waals surface area contributed by atoms with Gasteiger partial charge in [0.2, 0.25) is 16.8 Å². The van der Waals surface area contributed by atoms with Crippen molar-refractivity contribution in [3.05, 3.63) is 76.3 Å². The molecule has 2 N–H and O–H groups in total. The van der Waals surface area contributed by atoms with E-state index >= 15 is 0 Å². The molecule has 0 bridgehead atoms. The average Bonchev–Trinajstić information content (AvgIpc) is 3.45. The quantitative estimate of drug-likeness (QED) is 0.370. The number of likely N-dealkylation sites (N-methyl/N-ethyl adjacent to an activating group) is 1. The molecule has 9 nitrogen and oxygen atoms in total. The lowest BCUT2D eigenvalue weighted by Crippen LogP contribution is -2.35. The summed E-state index contributed by atoms with van der Waals surface area (Å²) in [7, 11) is 0.334. The van der Waals surface area contributed by atoms with Crippen LogP contribution in [0.2, 0.25) is 0 Å². The fourth-order valence-electron chi connectivity index (χ4n) is 4.36. The Kier molecular flexibility index (Phi) is 7.08. The first-order valence-electron chi connectivity index (χ1n) is 11.9. The van der Waals surface area contributed by atoms with Gasteiger partial charge in [-0.25, -0.2) is 8.42 Å². The lowest BCUT2D eigenvalue weighted by molar-refractivity contribution is -0.110. The topological polar surface area (TPSA) is 100 Å². The first-order valence-corrected chi connectivity index (χ1v) is 14.5. The number of ether oxygens (including phenoxy) is 2. The summed E-state index contributed by atoms with van der Waals surface area (Å²) in [6.45, 7) is 1.05. The fourth-order valence-corrected chi connectivity index (χ4v) is 5.64. The third-order valence-corrected chi connectivity index (χ3v) is 7.90. The van der Waals surface area contributed by atoms with E-state index in [1.165, 1.54) is 10.6 Å². The van der Waals surface area contributed by atoms with Crippen molar-refractivity contribution in [1.29, 1.82) is 0 Å². The Hall–Kier alpha value is -3.54. The van der Waals surface area contributed by atoms with E-state index in [4.69, 9.17) is 9.47 Å². The van der Waals surface area contributed by atoms with Crippen molar-refractivity contribution in [3.8, 4) is 11.5 Å². The monoisotopic (exact) mass is 598 g/mol. The maximum absolute atomic E-state index is 13.2. The second kappa shape index (κ2) is 10.3. The summed E-state index contributed by atoms with van der Waals surface area (Å²) in [6, 6.07) is 18.3. The standard InChI is InChI=1S/C27H27BrN4O5S/c1-31(2)12-13-32(38(3,34)35)20-8-6-19(7-9-20)29-26(17-4-11-23-24(14-17)37-16-36-23)25-21-10-5-18(28)15-22(21)30-27(25)33/h4-11,14-15,29H,12-13,16H2,1-3H3,(H,30,33). The van der Waals surface area contributed by atoms with E-state index in [1.54, 1.807) is 24.3 Å². The molecule has 0 unspecified atom stereocenters. The molecule has 3 aromatic rings. The van der Waals surface area contributed by atoms with E-state index in [-0.39, 0.29) is 12.7 Å². The molecule has 0 fully saturated rings. The van der Waals surface area contributed by atoms with Gasteiger partial charge in [0.25, 0.3) is 5.91 Å². The van der Waals surface area contributed by atoms with Crippen LogP contribution in [0.4, 0.5) is 17.1 Å². The van der Waals surface area contributed by atoms with Gasteiger partial charge in [-0.3, -0.25) is 9.10 Å². The largest absolute Gasteiger partial charge is 0.454 e. The Bertz CT molecular complexity index is 1540. The van der Waals surface area contributed by atoms with Crippen LogP contribution in [0.5, 0.6) is 11.5 Å². The second-order valence-electron chi connectivity index (χ2n) is 9.27. The molecule has 0 atom stereocenters. The van der Waals surface area contributed by atoms with Crippen LogP contribution in [0.1, 0.15) is 11.1 Å². The number of hydrogen-bond donors (Lipinski definition) is 2. The van der Waals surface area contributed by atoms with Gasteiger partial charge in [0.1, 0.15) is 0 Å². The third-order valence-electron chi connectivity index (χ3n) is 6.21. The third kappa shape index (κ3) is 5.35. The van der Waals surface area contributed by atoms with Gasteiger partial charge in [-0.1, -0.05) is 22.0 Å². The van der Waals surface area contributed by atoms with Crippen LogP contribution in [0.15, 0.2) is 65.1 Å². The Labute approximate surface area is 230 Å². The Morgan fingerprint density at radius 2 is 1.74 bits per heavy atom. The van der Waals surface area contributed by atoms with E-state index in [9.17, 15) is 13.2 Å². The van der Waals surface area contributed by atoms with Crippen molar-refractivity contribution in [2.75, 3.05) is 55.2 Å². The predicted molar refractivity (Wildman–Crippen MR) is 153 cm³/mol. The first-order chi connectivity index (χ1) is 18.1. The molecule has 5 rings (SSSR count). The molecule has 38 heavy (non-hydrogen) atoms. The van der Waals surface area contributed by atoms with Crippen molar-refractivity contribution in [2.45, 2.75) is 0 Å². The number of benzene rings is 3. The van der Waals surface area contributed by atoms with Crippen LogP contribution >= 0.6 is 15.9 Å². The minimum absolute atomic E-state index is 0.140. The minimum atomic E-state index is -3.46. The highest BCUT2D eigenvalue weighted by molar-refractivity contribution is 9.10. The molecular weight excluding hydrogens is 572 g/mol. The molecule has 2 aliphatic rings. The van der Waals surface area contributed by atoms with Gasteiger partial charge in [-0.15, -0.1) is 0 Å². The molecule has 1 amide bonds. The minimum Gasteiger partial charge on any atom is -0.454 e. The van der Waals surface area contributed by atoms with Gasteiger partial charge in [-0.05, 0) is 68.7 Å². The molecule has 0 saturated carbocycles. The summed E-state index contributed by atoms with van der Waals surface area (Å²) < 4.78 is 38.2. The number of anilines is 3. The Morgan fingerprint density at radius 1 is 1.00 bits per heavy atom. The second-order valence-corrected chi connectivity index (χ2v) is 12.1. The number of halogens is 1. The van der Waals surface area contributed by atoms with Crippen LogP contribution in [0.3, 0.4) is 0 Å². The number of carbonyl (C=O) groups excluding carboxylic acids is 1. The number of hydrogen-bond acceptors (Lipinski definition) is 7. The fraction of sp³-hybridized carbons (Fsp3) is 0.222. The van der Waals surface area contributed by atoms with Gasteiger partial charge in [-0.2, -0.15) is 0 Å². The lowest BCUT2D eigenvalue weighted by atomic mass is 9.99. The van der Waals surface area contributed by atoms with Crippen LogP contribution in [0, 0.1) is 0 Å². The Balaban J connectivity index is 1.55. The van der Waals surface area contributed by atoms with Gasteiger partial charge in [0.05, 0.1) is 28.9 Å². The highest BCUT2D eigenvalue weighted by Crippen LogP contribution is 2.41. The van der Waals surface area contributed by atoms with Gasteiger partial charge in [0, 0.05) is 34.4 Å². The van der Waals surface area contributed by atoms with Crippen molar-refractivity contribution in [3.63, 3.8) is 0 Å². The van der Waals surface area contributed by atoms with E-state index in [0.717, 1.165) is 15.6 Å². The van der Waals surface area contributed by atoms with E-state index in [2.05, 4.69) is 26.6 Å². The number of sulfonamides is 1. The number of nitrogens with zero attached hydrogens (tertiary/aromatic N) is 2. The zero-order valence-corrected chi connectivity index (χ0v) is 23.5. The molecule has 3 aromatic carbocycles. The molecule has 0 aromatic heterocycles. The molecule has 2 heterocycles. The van der Waals surface area contributed by atoms with E-state index in [0.29, 0.717) is 52.9 Å². The number of rotatable bonds is 8. The van der Waals surface area contributed by atoms with Crippen molar-refractivity contribution < 1.29 is 22.7 Å². The molecule has 0 saturated heterocycles.